The Balaban J connectivity index is 1.14. The molecule has 0 aliphatic carbocycles. The van der Waals surface area contributed by atoms with Crippen LogP contribution in [0.1, 0.15) is 0 Å². The van der Waals surface area contributed by atoms with Crippen LogP contribution < -0.4 is 0 Å². The van der Waals surface area contributed by atoms with Crippen LogP contribution in [0.2, 0.25) is 0 Å². The molecular formula is C44H26OS. The second-order valence-electron chi connectivity index (χ2n) is 12.0. The van der Waals surface area contributed by atoms with Gasteiger partial charge >= 0.3 is 0 Å². The SMILES string of the molecule is c1ccc(-c2c3ccccc3c(-c3ccc(-c4ccc5oc6ccc7c8ccccc8sc7c6c5c4)cc3)c3ccccc23)cc1. The van der Waals surface area contributed by atoms with Gasteiger partial charge in [0, 0.05) is 30.9 Å². The van der Waals surface area contributed by atoms with E-state index in [-0.39, 0.29) is 0 Å². The summed E-state index contributed by atoms with van der Waals surface area (Å²) in [5.41, 5.74) is 9.29. The Morgan fingerprint density at radius 3 is 1.54 bits per heavy atom. The normalized spacial score (nSPS) is 11.9. The maximum atomic E-state index is 6.35. The second kappa shape index (κ2) is 9.90. The number of benzene rings is 8. The van der Waals surface area contributed by atoms with Crippen molar-refractivity contribution in [3.8, 4) is 33.4 Å². The molecule has 0 fully saturated rings. The number of rotatable bonds is 3. The predicted molar refractivity (Wildman–Crippen MR) is 198 cm³/mol. The summed E-state index contributed by atoms with van der Waals surface area (Å²) < 4.78 is 8.96. The Kier molecular flexibility index (Phi) is 5.51. The summed E-state index contributed by atoms with van der Waals surface area (Å²) >= 11 is 1.85. The fraction of sp³-hybridized carbons (Fsp3) is 0. The maximum Gasteiger partial charge on any atom is 0.136 e. The van der Waals surface area contributed by atoms with Gasteiger partial charge in [0.25, 0.3) is 0 Å². The summed E-state index contributed by atoms with van der Waals surface area (Å²) in [6, 6.07) is 57.2. The van der Waals surface area contributed by atoms with Gasteiger partial charge in [-0.3, -0.25) is 0 Å². The van der Waals surface area contributed by atoms with Gasteiger partial charge in [-0.1, -0.05) is 127 Å². The minimum absolute atomic E-state index is 0.928. The fourth-order valence-corrected chi connectivity index (χ4v) is 8.66. The van der Waals surface area contributed by atoms with Gasteiger partial charge in [0.15, 0.2) is 0 Å². The van der Waals surface area contributed by atoms with Gasteiger partial charge in [-0.15, -0.1) is 11.3 Å². The molecule has 2 heterocycles. The van der Waals surface area contributed by atoms with Crippen molar-refractivity contribution in [1.29, 1.82) is 0 Å². The molecule has 0 radical (unpaired) electrons. The van der Waals surface area contributed by atoms with Crippen LogP contribution in [0.15, 0.2) is 162 Å². The van der Waals surface area contributed by atoms with Crippen LogP contribution in [0.4, 0.5) is 0 Å². The van der Waals surface area contributed by atoms with Crippen LogP contribution in [0.3, 0.4) is 0 Å². The summed E-state index contributed by atoms with van der Waals surface area (Å²) in [7, 11) is 0. The van der Waals surface area contributed by atoms with Crippen LogP contribution in [-0.4, -0.2) is 0 Å². The third kappa shape index (κ3) is 3.74. The molecule has 0 spiro atoms. The Bertz CT molecular complexity index is 2730. The molecule has 2 heteroatoms. The van der Waals surface area contributed by atoms with E-state index in [1.54, 1.807) is 0 Å². The van der Waals surface area contributed by atoms with E-state index < -0.39 is 0 Å². The smallest absolute Gasteiger partial charge is 0.136 e. The highest BCUT2D eigenvalue weighted by atomic mass is 32.1. The predicted octanol–water partition coefficient (Wildman–Crippen LogP) is 13.3. The monoisotopic (exact) mass is 602 g/mol. The molecule has 8 aromatic carbocycles. The average Bonchev–Trinajstić information content (AvgIpc) is 3.69. The van der Waals surface area contributed by atoms with Crippen molar-refractivity contribution >= 4 is 75.0 Å². The Hall–Kier alpha value is -5.70. The van der Waals surface area contributed by atoms with E-state index in [2.05, 4.69) is 158 Å². The minimum atomic E-state index is 0.928. The van der Waals surface area contributed by atoms with Gasteiger partial charge in [0.2, 0.25) is 0 Å². The molecule has 0 aliphatic rings. The highest BCUT2D eigenvalue weighted by Crippen LogP contribution is 2.45. The van der Waals surface area contributed by atoms with Crippen molar-refractivity contribution in [2.24, 2.45) is 0 Å². The molecule has 0 N–H and O–H groups in total. The molecule has 0 aliphatic heterocycles. The fourth-order valence-electron chi connectivity index (χ4n) is 7.41. The van der Waals surface area contributed by atoms with Crippen molar-refractivity contribution in [3.63, 3.8) is 0 Å². The number of furan rings is 1. The highest BCUT2D eigenvalue weighted by Gasteiger charge is 2.18. The summed E-state index contributed by atoms with van der Waals surface area (Å²) in [4.78, 5) is 0. The van der Waals surface area contributed by atoms with Gasteiger partial charge < -0.3 is 4.42 Å². The summed E-state index contributed by atoms with van der Waals surface area (Å²) in [6.07, 6.45) is 0. The zero-order valence-electron chi connectivity index (χ0n) is 24.8. The van der Waals surface area contributed by atoms with Gasteiger partial charge in [-0.2, -0.15) is 0 Å². The third-order valence-electron chi connectivity index (χ3n) is 9.48. The van der Waals surface area contributed by atoms with E-state index in [9.17, 15) is 0 Å². The van der Waals surface area contributed by atoms with E-state index in [1.807, 2.05) is 11.3 Å². The summed E-state index contributed by atoms with van der Waals surface area (Å²) in [5.74, 6) is 0. The molecule has 46 heavy (non-hydrogen) atoms. The summed E-state index contributed by atoms with van der Waals surface area (Å²) in [5, 5.41) is 10.1. The van der Waals surface area contributed by atoms with Crippen LogP contribution in [0.5, 0.6) is 0 Å². The van der Waals surface area contributed by atoms with E-state index in [4.69, 9.17) is 4.42 Å². The first-order valence-corrected chi connectivity index (χ1v) is 16.5. The first kappa shape index (κ1) is 25.6. The van der Waals surface area contributed by atoms with E-state index >= 15 is 0 Å². The van der Waals surface area contributed by atoms with Crippen LogP contribution >= 0.6 is 11.3 Å². The topological polar surface area (TPSA) is 13.1 Å². The molecule has 0 atom stereocenters. The molecular weight excluding hydrogens is 577 g/mol. The van der Waals surface area contributed by atoms with Gasteiger partial charge in [-0.05, 0) is 85.3 Å². The number of hydrogen-bond donors (Lipinski definition) is 0. The molecule has 1 nitrogen and oxygen atoms in total. The van der Waals surface area contributed by atoms with Crippen LogP contribution in [0.25, 0.3) is 97.0 Å². The summed E-state index contributed by atoms with van der Waals surface area (Å²) in [6.45, 7) is 0. The quantitative estimate of drug-likeness (QED) is 0.183. The van der Waals surface area contributed by atoms with E-state index in [0.29, 0.717) is 0 Å². The van der Waals surface area contributed by atoms with Crippen molar-refractivity contribution in [3.05, 3.63) is 158 Å². The zero-order chi connectivity index (χ0) is 30.2. The molecule has 10 aromatic rings. The maximum absolute atomic E-state index is 6.35. The molecule has 0 amide bonds. The van der Waals surface area contributed by atoms with Gasteiger partial charge in [-0.25, -0.2) is 0 Å². The molecule has 0 saturated heterocycles. The number of fused-ring (bicyclic) bond motifs is 9. The Labute approximate surface area is 269 Å². The Morgan fingerprint density at radius 1 is 0.348 bits per heavy atom. The highest BCUT2D eigenvalue weighted by molar-refractivity contribution is 7.26. The molecule has 0 unspecified atom stereocenters. The van der Waals surface area contributed by atoms with Gasteiger partial charge in [0.1, 0.15) is 11.2 Å². The molecule has 10 rings (SSSR count). The number of hydrogen-bond acceptors (Lipinski definition) is 2. The number of thiophene rings is 1. The average molecular weight is 603 g/mol. The minimum Gasteiger partial charge on any atom is -0.456 e. The van der Waals surface area contributed by atoms with Crippen molar-refractivity contribution < 1.29 is 4.42 Å². The largest absolute Gasteiger partial charge is 0.456 e. The third-order valence-corrected chi connectivity index (χ3v) is 10.7. The van der Waals surface area contributed by atoms with E-state index in [1.165, 1.54) is 85.9 Å². The lowest BCUT2D eigenvalue weighted by Crippen LogP contribution is -1.90. The first-order chi connectivity index (χ1) is 22.8. The first-order valence-electron chi connectivity index (χ1n) is 15.7. The van der Waals surface area contributed by atoms with Crippen molar-refractivity contribution in [1.82, 2.24) is 0 Å². The van der Waals surface area contributed by atoms with Crippen LogP contribution in [-0.2, 0) is 0 Å². The lowest BCUT2D eigenvalue weighted by atomic mass is 9.86. The molecule has 0 saturated carbocycles. The van der Waals surface area contributed by atoms with E-state index in [0.717, 1.165) is 11.2 Å². The lowest BCUT2D eigenvalue weighted by molar-refractivity contribution is 0.669. The molecule has 0 bridgehead atoms. The van der Waals surface area contributed by atoms with Gasteiger partial charge in [0.05, 0.1) is 0 Å². The molecule has 214 valence electrons. The van der Waals surface area contributed by atoms with Crippen molar-refractivity contribution in [2.45, 2.75) is 0 Å². The lowest BCUT2D eigenvalue weighted by Gasteiger charge is -2.18. The molecule has 2 aromatic heterocycles. The standard InChI is InChI=1S/C44H26OS/c1-2-10-28(11-3-1)41-32-13-4-6-15-34(32)42(35-16-7-5-14-33(35)41)29-20-18-27(19-21-29)30-22-24-38-37(26-30)43-39(45-38)25-23-36-31-12-8-9-17-40(31)46-44(36)43/h1-26H. The van der Waals surface area contributed by atoms with Crippen molar-refractivity contribution in [2.75, 3.05) is 0 Å². The second-order valence-corrected chi connectivity index (χ2v) is 13.1. The van der Waals surface area contributed by atoms with Crippen LogP contribution in [0, 0.1) is 0 Å². The Morgan fingerprint density at radius 2 is 0.870 bits per heavy atom. The zero-order valence-corrected chi connectivity index (χ0v) is 25.6.